The largest absolute Gasteiger partial charge is 0.385 e. The molecule has 0 N–H and O–H groups in total. The third kappa shape index (κ3) is 9.52. The monoisotopic (exact) mass is 154 g/mol. The van der Waals surface area contributed by atoms with Gasteiger partial charge in [0.25, 0.3) is 0 Å². The van der Waals surface area contributed by atoms with Crippen molar-refractivity contribution in [3.8, 4) is 11.8 Å². The molecule has 0 saturated carbocycles. The van der Waals surface area contributed by atoms with Crippen LogP contribution in [-0.4, -0.2) is 13.7 Å². The first-order valence-electron chi connectivity index (χ1n) is 4.36. The van der Waals surface area contributed by atoms with Crippen LogP contribution in [0.1, 0.15) is 39.0 Å². The highest BCUT2D eigenvalue weighted by Crippen LogP contribution is 1.92. The molecule has 0 aromatic rings. The van der Waals surface area contributed by atoms with Crippen molar-refractivity contribution in [1.29, 1.82) is 0 Å². The van der Waals surface area contributed by atoms with E-state index in [1.807, 2.05) is 0 Å². The van der Waals surface area contributed by atoms with E-state index >= 15 is 0 Å². The molecule has 0 spiro atoms. The van der Waals surface area contributed by atoms with Gasteiger partial charge in [-0.2, -0.15) is 0 Å². The predicted octanol–water partition coefficient (Wildman–Crippen LogP) is 2.61. The van der Waals surface area contributed by atoms with Crippen molar-refractivity contribution in [2.45, 2.75) is 39.0 Å². The molecule has 0 fully saturated rings. The molecule has 1 heteroatoms. The zero-order chi connectivity index (χ0) is 8.36. The predicted molar refractivity (Wildman–Crippen MR) is 48.4 cm³/mol. The number of hydrogen-bond acceptors (Lipinski definition) is 1. The molecule has 0 radical (unpaired) electrons. The molecule has 0 bridgehead atoms. The van der Waals surface area contributed by atoms with E-state index in [1.54, 1.807) is 7.11 Å². The molecular weight excluding hydrogens is 136 g/mol. The lowest BCUT2D eigenvalue weighted by atomic mass is 10.2. The molecule has 0 heterocycles. The van der Waals surface area contributed by atoms with Crippen molar-refractivity contribution in [3.05, 3.63) is 0 Å². The summed E-state index contributed by atoms with van der Waals surface area (Å²) in [5, 5.41) is 0. The van der Waals surface area contributed by atoms with Gasteiger partial charge in [0, 0.05) is 26.6 Å². The number of hydrogen-bond donors (Lipinski definition) is 0. The van der Waals surface area contributed by atoms with Crippen LogP contribution in [0.3, 0.4) is 0 Å². The van der Waals surface area contributed by atoms with Gasteiger partial charge in [-0.3, -0.25) is 0 Å². The molecule has 0 aromatic heterocycles. The average molecular weight is 154 g/mol. The first-order chi connectivity index (χ1) is 5.41. The van der Waals surface area contributed by atoms with Gasteiger partial charge in [0.2, 0.25) is 0 Å². The van der Waals surface area contributed by atoms with Crippen molar-refractivity contribution in [2.75, 3.05) is 13.7 Å². The zero-order valence-electron chi connectivity index (χ0n) is 7.65. The van der Waals surface area contributed by atoms with Gasteiger partial charge in [0.05, 0.1) is 0 Å². The van der Waals surface area contributed by atoms with Gasteiger partial charge in [0.15, 0.2) is 0 Å². The van der Waals surface area contributed by atoms with Crippen LogP contribution in [0.25, 0.3) is 0 Å². The summed E-state index contributed by atoms with van der Waals surface area (Å²) in [6.07, 6.45) is 5.58. The zero-order valence-corrected chi connectivity index (χ0v) is 7.65. The summed E-state index contributed by atoms with van der Waals surface area (Å²) in [5.74, 6) is 6.26. The molecule has 0 rings (SSSR count). The van der Waals surface area contributed by atoms with Crippen LogP contribution in [0.4, 0.5) is 0 Å². The van der Waals surface area contributed by atoms with Gasteiger partial charge in [-0.05, 0) is 12.8 Å². The summed E-state index contributed by atoms with van der Waals surface area (Å²) in [6, 6.07) is 0. The first kappa shape index (κ1) is 10.5. The van der Waals surface area contributed by atoms with E-state index in [1.165, 1.54) is 12.8 Å². The summed E-state index contributed by atoms with van der Waals surface area (Å²) < 4.78 is 4.90. The maximum atomic E-state index is 4.90. The summed E-state index contributed by atoms with van der Waals surface area (Å²) in [5.41, 5.74) is 0. The van der Waals surface area contributed by atoms with Gasteiger partial charge >= 0.3 is 0 Å². The van der Waals surface area contributed by atoms with Crippen LogP contribution in [-0.2, 0) is 4.74 Å². The normalized spacial score (nSPS) is 8.91. The molecule has 0 aliphatic heterocycles. The van der Waals surface area contributed by atoms with Crippen molar-refractivity contribution in [2.24, 2.45) is 0 Å². The Balaban J connectivity index is 2.99. The standard InChI is InChI=1S/C10H18O/c1-3-4-5-6-7-8-9-10-11-2/h3-5,8-10H2,1-2H3. The second kappa shape index (κ2) is 9.52. The van der Waals surface area contributed by atoms with Gasteiger partial charge in [-0.1, -0.05) is 13.3 Å². The molecular formula is C10H18O. The number of unbranched alkanes of at least 4 members (excludes halogenated alkanes) is 3. The molecule has 0 atom stereocenters. The van der Waals surface area contributed by atoms with E-state index in [9.17, 15) is 0 Å². The van der Waals surface area contributed by atoms with Crippen LogP contribution < -0.4 is 0 Å². The van der Waals surface area contributed by atoms with Crippen LogP contribution >= 0.6 is 0 Å². The van der Waals surface area contributed by atoms with Crippen LogP contribution in [0.5, 0.6) is 0 Å². The highest BCUT2D eigenvalue weighted by atomic mass is 16.5. The average Bonchev–Trinajstić information content (AvgIpc) is 2.03. The molecule has 0 aliphatic carbocycles. The third-order valence-electron chi connectivity index (χ3n) is 1.43. The van der Waals surface area contributed by atoms with Gasteiger partial charge < -0.3 is 4.74 Å². The maximum Gasteiger partial charge on any atom is 0.0471 e. The minimum Gasteiger partial charge on any atom is -0.385 e. The van der Waals surface area contributed by atoms with Crippen molar-refractivity contribution < 1.29 is 4.74 Å². The smallest absolute Gasteiger partial charge is 0.0471 e. The van der Waals surface area contributed by atoms with E-state index in [4.69, 9.17) is 4.74 Å². The Bertz CT molecular complexity index is 119. The Labute approximate surface area is 70.1 Å². The highest BCUT2D eigenvalue weighted by Gasteiger charge is 1.80. The number of methoxy groups -OCH3 is 1. The Morgan fingerprint density at radius 3 is 2.27 bits per heavy atom. The van der Waals surface area contributed by atoms with Crippen molar-refractivity contribution in [1.82, 2.24) is 0 Å². The lowest BCUT2D eigenvalue weighted by Crippen LogP contribution is -1.85. The molecule has 11 heavy (non-hydrogen) atoms. The quantitative estimate of drug-likeness (QED) is 0.437. The van der Waals surface area contributed by atoms with Gasteiger partial charge in [-0.25, -0.2) is 0 Å². The second-order valence-corrected chi connectivity index (χ2v) is 2.55. The molecule has 0 aliphatic rings. The molecule has 0 saturated heterocycles. The molecule has 0 aromatic carbocycles. The highest BCUT2D eigenvalue weighted by molar-refractivity contribution is 4.98. The van der Waals surface area contributed by atoms with Crippen molar-refractivity contribution >= 4 is 0 Å². The van der Waals surface area contributed by atoms with Gasteiger partial charge in [-0.15, -0.1) is 11.8 Å². The number of rotatable bonds is 5. The van der Waals surface area contributed by atoms with Crippen LogP contribution in [0.15, 0.2) is 0 Å². The Hall–Kier alpha value is -0.480. The van der Waals surface area contributed by atoms with E-state index in [0.717, 1.165) is 25.9 Å². The summed E-state index contributed by atoms with van der Waals surface area (Å²) in [4.78, 5) is 0. The molecule has 0 amide bonds. The Morgan fingerprint density at radius 2 is 1.73 bits per heavy atom. The SMILES string of the molecule is CCCCC#CCCCOC. The summed E-state index contributed by atoms with van der Waals surface area (Å²) in [6.45, 7) is 3.02. The maximum absolute atomic E-state index is 4.90. The van der Waals surface area contributed by atoms with E-state index in [2.05, 4.69) is 18.8 Å². The molecule has 0 unspecified atom stereocenters. The van der Waals surface area contributed by atoms with Gasteiger partial charge in [0.1, 0.15) is 0 Å². The van der Waals surface area contributed by atoms with Crippen molar-refractivity contribution in [3.63, 3.8) is 0 Å². The third-order valence-corrected chi connectivity index (χ3v) is 1.43. The molecule has 1 nitrogen and oxygen atoms in total. The fraction of sp³-hybridized carbons (Fsp3) is 0.800. The molecule has 64 valence electrons. The fourth-order valence-electron chi connectivity index (χ4n) is 0.747. The fourth-order valence-corrected chi connectivity index (χ4v) is 0.747. The van der Waals surface area contributed by atoms with E-state index < -0.39 is 0 Å². The first-order valence-corrected chi connectivity index (χ1v) is 4.36. The Morgan fingerprint density at radius 1 is 1.09 bits per heavy atom. The lowest BCUT2D eigenvalue weighted by molar-refractivity contribution is 0.196. The summed E-state index contributed by atoms with van der Waals surface area (Å²) >= 11 is 0. The summed E-state index contributed by atoms with van der Waals surface area (Å²) in [7, 11) is 1.73. The van der Waals surface area contributed by atoms with Crippen LogP contribution in [0, 0.1) is 11.8 Å². The topological polar surface area (TPSA) is 9.23 Å². The van der Waals surface area contributed by atoms with E-state index in [-0.39, 0.29) is 0 Å². The number of ether oxygens (including phenoxy) is 1. The minimum absolute atomic E-state index is 0.836. The second-order valence-electron chi connectivity index (χ2n) is 2.55. The van der Waals surface area contributed by atoms with Crippen LogP contribution in [0.2, 0.25) is 0 Å². The lowest BCUT2D eigenvalue weighted by Gasteiger charge is -1.90. The van der Waals surface area contributed by atoms with E-state index in [0.29, 0.717) is 0 Å². The minimum atomic E-state index is 0.836. The Kier molecular flexibility index (Phi) is 9.10.